The quantitative estimate of drug-likeness (QED) is 0.446. The Labute approximate surface area is 168 Å². The highest BCUT2D eigenvalue weighted by Gasteiger charge is 2.40. The van der Waals surface area contributed by atoms with Gasteiger partial charge in [-0.3, -0.25) is 14.7 Å². The molecule has 1 aliphatic heterocycles. The molecule has 0 bridgehead atoms. The first-order valence-corrected chi connectivity index (χ1v) is 8.97. The minimum atomic E-state index is -4.59. The van der Waals surface area contributed by atoms with Crippen molar-refractivity contribution in [1.29, 1.82) is 5.26 Å². The highest BCUT2D eigenvalue weighted by molar-refractivity contribution is 6.20. The number of pyridine rings is 2. The number of hydrogen-bond acceptors (Lipinski definition) is 4. The standard InChI is InChI=1S/C22H11F3N4O/c23-22(24,25)19-8-6-14-16(28-19)7-5-15-17(9-26)29(21(30)20(14)15)18-11-27-10-12-3-1-2-4-13(12)18/h1-8,10-11,17H/t17-/m0/s1. The first kappa shape index (κ1) is 18.1. The van der Waals surface area contributed by atoms with Crippen molar-refractivity contribution in [2.75, 3.05) is 4.90 Å². The lowest BCUT2D eigenvalue weighted by atomic mass is 10.0. The Morgan fingerprint density at radius 3 is 2.57 bits per heavy atom. The van der Waals surface area contributed by atoms with Crippen LogP contribution in [0.3, 0.4) is 0 Å². The molecule has 0 fully saturated rings. The van der Waals surface area contributed by atoms with Crippen LogP contribution < -0.4 is 4.90 Å². The van der Waals surface area contributed by atoms with Gasteiger partial charge in [-0.2, -0.15) is 18.4 Å². The van der Waals surface area contributed by atoms with Crippen LogP contribution in [0.25, 0.3) is 21.7 Å². The maximum atomic E-state index is 13.4. The van der Waals surface area contributed by atoms with Gasteiger partial charge in [-0.05, 0) is 18.2 Å². The van der Waals surface area contributed by atoms with Crippen molar-refractivity contribution in [3.05, 3.63) is 77.7 Å². The van der Waals surface area contributed by atoms with Crippen LogP contribution in [-0.4, -0.2) is 15.9 Å². The fourth-order valence-corrected chi connectivity index (χ4v) is 3.89. The molecule has 0 saturated heterocycles. The zero-order valence-electron chi connectivity index (χ0n) is 15.2. The molecule has 0 aliphatic carbocycles. The Bertz CT molecular complexity index is 1390. The summed E-state index contributed by atoms with van der Waals surface area (Å²) >= 11 is 0. The van der Waals surface area contributed by atoms with E-state index in [-0.39, 0.29) is 16.5 Å². The summed E-state index contributed by atoms with van der Waals surface area (Å²) in [6.07, 6.45) is -1.42. The number of nitrogens with zero attached hydrogens (tertiary/aromatic N) is 4. The van der Waals surface area contributed by atoms with Gasteiger partial charge in [0, 0.05) is 27.9 Å². The molecule has 3 heterocycles. The van der Waals surface area contributed by atoms with E-state index in [0.717, 1.165) is 16.8 Å². The Morgan fingerprint density at radius 1 is 1.00 bits per heavy atom. The molecule has 1 aliphatic rings. The van der Waals surface area contributed by atoms with E-state index in [0.29, 0.717) is 11.3 Å². The lowest BCUT2D eigenvalue weighted by Crippen LogP contribution is -2.27. The van der Waals surface area contributed by atoms with Gasteiger partial charge in [-0.15, -0.1) is 0 Å². The Morgan fingerprint density at radius 2 is 1.80 bits per heavy atom. The van der Waals surface area contributed by atoms with E-state index in [1.54, 1.807) is 6.20 Å². The van der Waals surface area contributed by atoms with Crippen molar-refractivity contribution in [1.82, 2.24) is 9.97 Å². The molecule has 0 N–H and O–H groups in total. The van der Waals surface area contributed by atoms with E-state index in [4.69, 9.17) is 0 Å². The molecule has 146 valence electrons. The number of aromatic nitrogens is 2. The molecule has 0 radical (unpaired) electrons. The molecule has 0 saturated carbocycles. The molecule has 30 heavy (non-hydrogen) atoms. The van der Waals surface area contributed by atoms with Gasteiger partial charge in [0.25, 0.3) is 5.91 Å². The van der Waals surface area contributed by atoms with Gasteiger partial charge in [-0.25, -0.2) is 4.98 Å². The predicted molar refractivity (Wildman–Crippen MR) is 104 cm³/mol. The number of fused-ring (bicyclic) bond motifs is 4. The minimum Gasteiger partial charge on any atom is -0.285 e. The zero-order chi connectivity index (χ0) is 21.0. The third-order valence-corrected chi connectivity index (χ3v) is 5.21. The smallest absolute Gasteiger partial charge is 0.285 e. The third kappa shape index (κ3) is 2.52. The van der Waals surface area contributed by atoms with Crippen molar-refractivity contribution in [3.63, 3.8) is 0 Å². The molecule has 5 rings (SSSR count). The van der Waals surface area contributed by atoms with Gasteiger partial charge in [-0.1, -0.05) is 30.3 Å². The van der Waals surface area contributed by atoms with Gasteiger partial charge in [0.05, 0.1) is 29.0 Å². The van der Waals surface area contributed by atoms with Crippen LogP contribution in [0, 0.1) is 11.3 Å². The van der Waals surface area contributed by atoms with Crippen molar-refractivity contribution in [2.24, 2.45) is 0 Å². The first-order chi connectivity index (χ1) is 14.4. The summed E-state index contributed by atoms with van der Waals surface area (Å²) in [5, 5.41) is 11.7. The number of anilines is 1. The molecule has 1 amide bonds. The largest absolute Gasteiger partial charge is 0.433 e. The summed E-state index contributed by atoms with van der Waals surface area (Å²) in [7, 11) is 0. The number of carbonyl (C=O) groups is 1. The second-order valence-corrected chi connectivity index (χ2v) is 6.88. The van der Waals surface area contributed by atoms with E-state index < -0.39 is 23.8 Å². The molecule has 2 aromatic heterocycles. The summed E-state index contributed by atoms with van der Waals surface area (Å²) in [5.74, 6) is -0.470. The second-order valence-electron chi connectivity index (χ2n) is 6.88. The number of nitriles is 1. The molecular weight excluding hydrogens is 393 g/mol. The maximum absolute atomic E-state index is 13.4. The van der Waals surface area contributed by atoms with E-state index in [1.807, 2.05) is 24.3 Å². The average molecular weight is 404 g/mol. The Balaban J connectivity index is 1.73. The molecule has 5 nitrogen and oxygen atoms in total. The van der Waals surface area contributed by atoms with Gasteiger partial charge in [0.1, 0.15) is 5.69 Å². The van der Waals surface area contributed by atoms with E-state index >= 15 is 0 Å². The van der Waals surface area contributed by atoms with Gasteiger partial charge in [0.2, 0.25) is 0 Å². The molecule has 0 spiro atoms. The number of rotatable bonds is 1. The summed E-state index contributed by atoms with van der Waals surface area (Å²) in [4.78, 5) is 22.6. The molecule has 4 aromatic rings. The number of amides is 1. The number of carbonyl (C=O) groups excluding carboxylic acids is 1. The number of halogens is 3. The summed E-state index contributed by atoms with van der Waals surface area (Å²) in [6, 6.07) is 13.5. The zero-order valence-corrected chi connectivity index (χ0v) is 15.2. The van der Waals surface area contributed by atoms with Crippen LogP contribution in [0.1, 0.15) is 27.7 Å². The van der Waals surface area contributed by atoms with Crippen molar-refractivity contribution >= 4 is 33.3 Å². The second kappa shape index (κ2) is 6.26. The van der Waals surface area contributed by atoms with Crippen LogP contribution in [0.4, 0.5) is 18.9 Å². The van der Waals surface area contributed by atoms with Crippen molar-refractivity contribution in [3.8, 4) is 6.07 Å². The minimum absolute atomic E-state index is 0.0477. The average Bonchev–Trinajstić information content (AvgIpc) is 3.04. The topological polar surface area (TPSA) is 69.9 Å². The fraction of sp³-hybridized carbons (Fsp3) is 0.0909. The van der Waals surface area contributed by atoms with Crippen LogP contribution in [0.5, 0.6) is 0 Å². The molecule has 2 aromatic carbocycles. The molecular formula is C22H11F3N4O. The monoisotopic (exact) mass is 404 g/mol. The molecule has 0 unspecified atom stereocenters. The van der Waals surface area contributed by atoms with Crippen molar-refractivity contribution in [2.45, 2.75) is 12.2 Å². The molecule has 1 atom stereocenters. The number of alkyl halides is 3. The summed E-state index contributed by atoms with van der Waals surface area (Å²) in [6.45, 7) is 0. The normalized spacial score (nSPS) is 16.1. The number of hydrogen-bond donors (Lipinski definition) is 0. The highest BCUT2D eigenvalue weighted by atomic mass is 19.4. The lowest BCUT2D eigenvalue weighted by Gasteiger charge is -2.21. The SMILES string of the molecule is N#C[C@H]1c2ccc3nc(C(F)(F)F)ccc3c2C(=O)N1c1cncc2ccccc12. The van der Waals surface area contributed by atoms with Gasteiger partial charge < -0.3 is 0 Å². The van der Waals surface area contributed by atoms with E-state index in [9.17, 15) is 23.2 Å². The summed E-state index contributed by atoms with van der Waals surface area (Å²) < 4.78 is 39.1. The third-order valence-electron chi connectivity index (χ3n) is 5.21. The van der Waals surface area contributed by atoms with E-state index in [1.165, 1.54) is 29.3 Å². The van der Waals surface area contributed by atoms with Crippen LogP contribution >= 0.6 is 0 Å². The fourth-order valence-electron chi connectivity index (χ4n) is 3.89. The van der Waals surface area contributed by atoms with Gasteiger partial charge >= 0.3 is 6.18 Å². The number of benzene rings is 2. The Kier molecular flexibility index (Phi) is 3.77. The van der Waals surface area contributed by atoms with Crippen LogP contribution in [0.2, 0.25) is 0 Å². The highest BCUT2D eigenvalue weighted by Crippen LogP contribution is 2.42. The summed E-state index contributed by atoms with van der Waals surface area (Å²) in [5.41, 5.74) is 0.102. The maximum Gasteiger partial charge on any atom is 0.433 e. The van der Waals surface area contributed by atoms with Crippen LogP contribution in [-0.2, 0) is 6.18 Å². The van der Waals surface area contributed by atoms with E-state index in [2.05, 4.69) is 16.0 Å². The van der Waals surface area contributed by atoms with Crippen molar-refractivity contribution < 1.29 is 18.0 Å². The molecule has 8 heteroatoms. The van der Waals surface area contributed by atoms with Crippen LogP contribution in [0.15, 0.2) is 60.9 Å². The lowest BCUT2D eigenvalue weighted by molar-refractivity contribution is -0.140. The predicted octanol–water partition coefficient (Wildman–Crippen LogP) is 5.03. The Hall–Kier alpha value is -3.99. The first-order valence-electron chi connectivity index (χ1n) is 8.97. The van der Waals surface area contributed by atoms with Gasteiger partial charge in [0.15, 0.2) is 6.04 Å².